The van der Waals surface area contributed by atoms with Crippen LogP contribution in [-0.2, 0) is 6.42 Å². The highest BCUT2D eigenvalue weighted by molar-refractivity contribution is 5.96. The van der Waals surface area contributed by atoms with E-state index in [1.807, 2.05) is 25.1 Å². The molecule has 1 aromatic rings. The number of rotatable bonds is 2. The predicted molar refractivity (Wildman–Crippen MR) is 62.3 cm³/mol. The molecule has 1 unspecified atom stereocenters. The maximum Gasteiger partial charge on any atom is 0.251 e. The van der Waals surface area contributed by atoms with Crippen LogP contribution in [0, 0.1) is 0 Å². The fraction of sp³-hybridized carbons (Fsp3) is 0.462. The van der Waals surface area contributed by atoms with Gasteiger partial charge in [0.2, 0.25) is 0 Å². The first kappa shape index (κ1) is 11.1. The molecule has 0 radical (unpaired) electrons. The second kappa shape index (κ2) is 4.66. The van der Waals surface area contributed by atoms with Crippen molar-refractivity contribution in [1.29, 1.82) is 0 Å². The van der Waals surface area contributed by atoms with Crippen LogP contribution in [0.4, 0.5) is 0 Å². The average Bonchev–Trinajstić information content (AvgIpc) is 2.50. The summed E-state index contributed by atoms with van der Waals surface area (Å²) in [5.41, 5.74) is 2.64. The van der Waals surface area contributed by atoms with E-state index in [0.717, 1.165) is 36.1 Å². The predicted octanol–water partition coefficient (Wildman–Crippen LogP) is 1.81. The van der Waals surface area contributed by atoms with Crippen LogP contribution in [0.3, 0.4) is 0 Å². The third-order valence-corrected chi connectivity index (χ3v) is 3.06. The van der Waals surface area contributed by atoms with Crippen molar-refractivity contribution in [3.05, 3.63) is 34.9 Å². The number of hydrogen-bond acceptors (Lipinski definition) is 2. The number of fused-ring (bicyclic) bond motifs is 1. The highest BCUT2D eigenvalue weighted by Crippen LogP contribution is 2.22. The quantitative estimate of drug-likeness (QED) is 0.797. The largest absolute Gasteiger partial charge is 0.388 e. The minimum Gasteiger partial charge on any atom is -0.388 e. The lowest BCUT2D eigenvalue weighted by atomic mass is 9.98. The van der Waals surface area contributed by atoms with Crippen LogP contribution in [0.5, 0.6) is 0 Å². The molecule has 1 aliphatic heterocycles. The van der Waals surface area contributed by atoms with Crippen molar-refractivity contribution in [2.45, 2.75) is 32.3 Å². The number of amides is 1. The Kier molecular flexibility index (Phi) is 3.25. The van der Waals surface area contributed by atoms with Gasteiger partial charge >= 0.3 is 0 Å². The van der Waals surface area contributed by atoms with Gasteiger partial charge in [0.1, 0.15) is 0 Å². The third-order valence-electron chi connectivity index (χ3n) is 3.06. The molecule has 1 aliphatic rings. The lowest BCUT2D eigenvalue weighted by molar-refractivity contribution is 0.0955. The molecule has 1 heterocycles. The summed E-state index contributed by atoms with van der Waals surface area (Å²) in [7, 11) is 0. The maximum absolute atomic E-state index is 11.8. The Morgan fingerprint density at radius 1 is 1.50 bits per heavy atom. The molecular formula is C13H17NO2. The summed E-state index contributed by atoms with van der Waals surface area (Å²) in [6.45, 7) is 2.66. The second-order valence-electron chi connectivity index (χ2n) is 4.20. The van der Waals surface area contributed by atoms with Gasteiger partial charge in [0, 0.05) is 12.1 Å². The number of benzene rings is 1. The van der Waals surface area contributed by atoms with Crippen LogP contribution in [0.2, 0.25) is 0 Å². The molecule has 0 saturated heterocycles. The van der Waals surface area contributed by atoms with E-state index < -0.39 is 6.10 Å². The zero-order chi connectivity index (χ0) is 11.5. The molecule has 3 nitrogen and oxygen atoms in total. The summed E-state index contributed by atoms with van der Waals surface area (Å²) in [6, 6.07) is 5.71. The van der Waals surface area contributed by atoms with Crippen LogP contribution in [0.1, 0.15) is 47.4 Å². The summed E-state index contributed by atoms with van der Waals surface area (Å²) in [6.07, 6.45) is 2.10. The van der Waals surface area contributed by atoms with E-state index in [9.17, 15) is 9.90 Å². The molecule has 86 valence electrons. The van der Waals surface area contributed by atoms with Crippen LogP contribution < -0.4 is 5.32 Å². The van der Waals surface area contributed by atoms with E-state index in [4.69, 9.17) is 0 Å². The van der Waals surface area contributed by atoms with Crippen molar-refractivity contribution in [2.75, 3.05) is 6.54 Å². The SMILES string of the molecule is CCC(O)c1ccc2c(c1)C(=O)NCCC2. The van der Waals surface area contributed by atoms with Gasteiger partial charge in [-0.05, 0) is 36.5 Å². The fourth-order valence-corrected chi connectivity index (χ4v) is 2.04. The number of nitrogens with one attached hydrogen (secondary N) is 1. The monoisotopic (exact) mass is 219 g/mol. The van der Waals surface area contributed by atoms with Crippen molar-refractivity contribution in [3.63, 3.8) is 0 Å². The fourth-order valence-electron chi connectivity index (χ4n) is 2.04. The Hall–Kier alpha value is -1.35. The van der Waals surface area contributed by atoms with Crippen molar-refractivity contribution < 1.29 is 9.90 Å². The first-order chi connectivity index (χ1) is 7.72. The summed E-state index contributed by atoms with van der Waals surface area (Å²) >= 11 is 0. The molecule has 16 heavy (non-hydrogen) atoms. The lowest BCUT2D eigenvalue weighted by Crippen LogP contribution is -2.22. The Morgan fingerprint density at radius 2 is 2.31 bits per heavy atom. The molecule has 1 atom stereocenters. The number of carbonyl (C=O) groups excluding carboxylic acids is 1. The van der Waals surface area contributed by atoms with E-state index in [1.54, 1.807) is 0 Å². The molecule has 0 bridgehead atoms. The van der Waals surface area contributed by atoms with Gasteiger partial charge in [-0.3, -0.25) is 4.79 Å². The van der Waals surface area contributed by atoms with Gasteiger partial charge in [0.15, 0.2) is 0 Å². The summed E-state index contributed by atoms with van der Waals surface area (Å²) in [4.78, 5) is 11.8. The third kappa shape index (κ3) is 2.09. The first-order valence-electron chi connectivity index (χ1n) is 5.81. The zero-order valence-corrected chi connectivity index (χ0v) is 9.49. The average molecular weight is 219 g/mol. The standard InChI is InChI=1S/C13H17NO2/c1-2-12(15)10-6-5-9-4-3-7-14-13(16)11(9)8-10/h5-6,8,12,15H,2-4,7H2,1H3,(H,14,16). The normalized spacial score (nSPS) is 17.2. The minimum absolute atomic E-state index is 0.0161. The number of aliphatic hydroxyl groups excluding tert-OH is 1. The molecule has 0 aliphatic carbocycles. The highest BCUT2D eigenvalue weighted by Gasteiger charge is 2.16. The Morgan fingerprint density at radius 3 is 3.06 bits per heavy atom. The van der Waals surface area contributed by atoms with Crippen molar-refractivity contribution in [1.82, 2.24) is 5.32 Å². The van der Waals surface area contributed by atoms with Gasteiger partial charge in [-0.2, -0.15) is 0 Å². The second-order valence-corrected chi connectivity index (χ2v) is 4.20. The minimum atomic E-state index is -0.471. The number of aryl methyl sites for hydroxylation is 1. The van der Waals surface area contributed by atoms with Crippen LogP contribution in [0.25, 0.3) is 0 Å². The lowest BCUT2D eigenvalue weighted by Gasteiger charge is -2.11. The van der Waals surface area contributed by atoms with Crippen molar-refractivity contribution >= 4 is 5.91 Å². The summed E-state index contributed by atoms with van der Waals surface area (Å²) in [5, 5.41) is 12.6. The van der Waals surface area contributed by atoms with E-state index in [1.165, 1.54) is 0 Å². The van der Waals surface area contributed by atoms with Gasteiger partial charge in [0.05, 0.1) is 6.10 Å². The first-order valence-corrected chi connectivity index (χ1v) is 5.81. The number of hydrogen-bond donors (Lipinski definition) is 2. The summed E-state index contributed by atoms with van der Waals surface area (Å²) < 4.78 is 0. The highest BCUT2D eigenvalue weighted by atomic mass is 16.3. The van der Waals surface area contributed by atoms with Crippen molar-refractivity contribution in [2.24, 2.45) is 0 Å². The van der Waals surface area contributed by atoms with Gasteiger partial charge in [-0.25, -0.2) is 0 Å². The molecule has 2 rings (SSSR count). The van der Waals surface area contributed by atoms with Crippen molar-refractivity contribution in [3.8, 4) is 0 Å². The van der Waals surface area contributed by atoms with Gasteiger partial charge in [-0.15, -0.1) is 0 Å². The van der Waals surface area contributed by atoms with E-state index in [-0.39, 0.29) is 5.91 Å². The van der Waals surface area contributed by atoms with E-state index in [2.05, 4.69) is 5.32 Å². The van der Waals surface area contributed by atoms with Crippen LogP contribution in [-0.4, -0.2) is 17.6 Å². The molecule has 1 amide bonds. The van der Waals surface area contributed by atoms with Crippen LogP contribution in [0.15, 0.2) is 18.2 Å². The van der Waals surface area contributed by atoms with Gasteiger partial charge in [-0.1, -0.05) is 19.1 Å². The topological polar surface area (TPSA) is 49.3 Å². The number of carbonyl (C=O) groups is 1. The number of aliphatic hydroxyl groups is 1. The van der Waals surface area contributed by atoms with E-state index >= 15 is 0 Å². The Bertz CT molecular complexity index is 401. The zero-order valence-electron chi connectivity index (χ0n) is 9.49. The molecule has 1 aromatic carbocycles. The van der Waals surface area contributed by atoms with E-state index in [0.29, 0.717) is 6.42 Å². The van der Waals surface area contributed by atoms with Crippen LogP contribution >= 0.6 is 0 Å². The van der Waals surface area contributed by atoms with Gasteiger partial charge in [0.25, 0.3) is 5.91 Å². The Labute approximate surface area is 95.5 Å². The Balaban J connectivity index is 2.39. The van der Waals surface area contributed by atoms with Gasteiger partial charge < -0.3 is 10.4 Å². The maximum atomic E-state index is 11.8. The molecular weight excluding hydrogens is 202 g/mol. The molecule has 0 saturated carbocycles. The molecule has 2 N–H and O–H groups in total. The molecule has 3 heteroatoms. The smallest absolute Gasteiger partial charge is 0.251 e. The molecule has 0 aromatic heterocycles. The molecule has 0 spiro atoms. The molecule has 0 fully saturated rings. The summed E-state index contributed by atoms with van der Waals surface area (Å²) in [5.74, 6) is -0.0161.